The molecule has 0 aliphatic heterocycles. The number of rotatable bonds is 6. The molecule has 1 heterocycles. The third-order valence-corrected chi connectivity index (χ3v) is 4.92. The van der Waals surface area contributed by atoms with Gasteiger partial charge in [0.25, 0.3) is 0 Å². The minimum atomic E-state index is -4.13. The Hall–Kier alpha value is -3.10. The molecule has 3 aromatic rings. The topological polar surface area (TPSA) is 103 Å². The summed E-state index contributed by atoms with van der Waals surface area (Å²) in [6, 6.07) is 13.3. The number of aliphatic hydroxyl groups is 1. The monoisotopic (exact) mass is 388 g/mol. The van der Waals surface area contributed by atoms with E-state index in [-0.39, 0.29) is 27.7 Å². The van der Waals surface area contributed by atoms with Crippen molar-refractivity contribution in [2.24, 2.45) is 0 Å². The lowest BCUT2D eigenvalue weighted by Crippen LogP contribution is -2.15. The highest BCUT2D eigenvalue weighted by Crippen LogP contribution is 2.26. The van der Waals surface area contributed by atoms with Crippen LogP contribution in [0.3, 0.4) is 0 Å². The van der Waals surface area contributed by atoms with Crippen molar-refractivity contribution in [1.82, 2.24) is 0 Å². The maximum Gasteiger partial charge on any atom is 0.347 e. The number of para-hydroxylation sites is 1. The molecule has 0 aliphatic carbocycles. The van der Waals surface area contributed by atoms with Crippen LogP contribution in [0.5, 0.6) is 11.5 Å². The summed E-state index contributed by atoms with van der Waals surface area (Å²) >= 11 is 0. The van der Waals surface area contributed by atoms with E-state index in [9.17, 15) is 13.2 Å². The van der Waals surface area contributed by atoms with Gasteiger partial charge >= 0.3 is 16.1 Å². The summed E-state index contributed by atoms with van der Waals surface area (Å²) < 4.78 is 40.3. The van der Waals surface area contributed by atoms with E-state index in [2.05, 4.69) is 0 Å². The number of carbonyl (C=O) groups is 1. The van der Waals surface area contributed by atoms with Crippen LogP contribution >= 0.6 is 0 Å². The van der Waals surface area contributed by atoms with Gasteiger partial charge in [0, 0.05) is 6.07 Å². The number of aliphatic hydroxyl groups excluding tert-OH is 1. The van der Waals surface area contributed by atoms with Crippen molar-refractivity contribution in [2.75, 3.05) is 0 Å². The molecule has 3 rings (SSSR count). The van der Waals surface area contributed by atoms with E-state index in [4.69, 9.17) is 18.4 Å². The molecule has 0 radical (unpaired) electrons. The zero-order chi connectivity index (χ0) is 19.4. The van der Waals surface area contributed by atoms with Gasteiger partial charge in [-0.3, -0.25) is 0 Å². The highest BCUT2D eigenvalue weighted by molar-refractivity contribution is 7.87. The summed E-state index contributed by atoms with van der Waals surface area (Å²) in [6.45, 7) is 1.38. The van der Waals surface area contributed by atoms with Crippen molar-refractivity contribution in [3.8, 4) is 11.5 Å². The second-order valence-electron chi connectivity index (χ2n) is 5.60. The van der Waals surface area contributed by atoms with Crippen molar-refractivity contribution in [2.45, 2.75) is 18.4 Å². The Morgan fingerprint density at radius 1 is 1.04 bits per heavy atom. The van der Waals surface area contributed by atoms with Crippen LogP contribution in [-0.4, -0.2) is 19.5 Å². The first-order valence-corrected chi connectivity index (χ1v) is 9.31. The summed E-state index contributed by atoms with van der Waals surface area (Å²) in [7, 11) is -4.13. The van der Waals surface area contributed by atoms with Crippen LogP contribution < -0.4 is 8.92 Å². The summed E-state index contributed by atoms with van der Waals surface area (Å²) in [4.78, 5) is 12.4. The second-order valence-corrected chi connectivity index (χ2v) is 7.15. The second kappa shape index (κ2) is 7.65. The van der Waals surface area contributed by atoms with Crippen molar-refractivity contribution < 1.29 is 31.7 Å². The summed E-state index contributed by atoms with van der Waals surface area (Å²) in [6.07, 6.45) is 1.26. The smallest absolute Gasteiger partial charge is 0.347 e. The molecule has 0 saturated heterocycles. The largest absolute Gasteiger partial charge is 0.463 e. The zero-order valence-corrected chi connectivity index (χ0v) is 15.1. The first kappa shape index (κ1) is 18.7. The first-order valence-electron chi connectivity index (χ1n) is 7.90. The van der Waals surface area contributed by atoms with Crippen LogP contribution in [0.1, 0.15) is 21.7 Å². The third-order valence-electron chi connectivity index (χ3n) is 3.67. The van der Waals surface area contributed by atoms with Crippen LogP contribution in [0.2, 0.25) is 0 Å². The molecule has 0 aliphatic rings. The van der Waals surface area contributed by atoms with Gasteiger partial charge in [-0.15, -0.1) is 0 Å². The average molecular weight is 388 g/mol. The number of benzene rings is 2. The number of aryl methyl sites for hydroxylation is 1. The molecule has 140 valence electrons. The van der Waals surface area contributed by atoms with E-state index < -0.39 is 22.7 Å². The quantitative estimate of drug-likeness (QED) is 0.511. The predicted octanol–water partition coefficient (Wildman–Crippen LogP) is 3.07. The molecule has 1 N–H and O–H groups in total. The molecule has 0 unspecified atom stereocenters. The number of hydrogen-bond donors (Lipinski definition) is 1. The molecule has 1 aromatic heterocycles. The van der Waals surface area contributed by atoms with E-state index >= 15 is 0 Å². The molecule has 0 spiro atoms. The molecule has 0 bridgehead atoms. The van der Waals surface area contributed by atoms with Gasteiger partial charge in [-0.2, -0.15) is 8.42 Å². The maximum absolute atomic E-state index is 12.5. The van der Waals surface area contributed by atoms with Gasteiger partial charge in [0.15, 0.2) is 17.3 Å². The van der Waals surface area contributed by atoms with Crippen LogP contribution in [0, 0.1) is 6.92 Å². The van der Waals surface area contributed by atoms with E-state index in [0.717, 1.165) is 5.56 Å². The maximum atomic E-state index is 12.5. The Labute approximate surface area is 155 Å². The van der Waals surface area contributed by atoms with Gasteiger partial charge in [-0.25, -0.2) is 4.79 Å². The lowest BCUT2D eigenvalue weighted by atomic mass is 10.2. The molecule has 27 heavy (non-hydrogen) atoms. The Balaban J connectivity index is 1.87. The number of ether oxygens (including phenoxy) is 1. The standard InChI is InChI=1S/C19H16O7S/c1-13-6-8-14(9-7-13)27(22,23)26-16-5-3-2-4-15(16)19(21)25-17-10-11-24-18(17)12-20/h2-11,20H,12H2,1H3. The summed E-state index contributed by atoms with van der Waals surface area (Å²) in [5.41, 5.74) is 0.816. The SMILES string of the molecule is Cc1ccc(S(=O)(=O)Oc2ccccc2C(=O)Oc2ccoc2CO)cc1. The zero-order valence-electron chi connectivity index (χ0n) is 14.3. The van der Waals surface area contributed by atoms with Crippen molar-refractivity contribution in [3.63, 3.8) is 0 Å². The van der Waals surface area contributed by atoms with E-state index in [1.807, 2.05) is 6.92 Å². The molecule has 8 heteroatoms. The van der Waals surface area contributed by atoms with Crippen molar-refractivity contribution in [1.29, 1.82) is 0 Å². The highest BCUT2D eigenvalue weighted by Gasteiger charge is 2.23. The molecule has 0 saturated carbocycles. The average Bonchev–Trinajstić information content (AvgIpc) is 3.09. The fourth-order valence-corrected chi connectivity index (χ4v) is 3.22. The lowest BCUT2D eigenvalue weighted by molar-refractivity contribution is 0.0726. The fraction of sp³-hybridized carbons (Fsp3) is 0.105. The molecular weight excluding hydrogens is 372 g/mol. The summed E-state index contributed by atoms with van der Waals surface area (Å²) in [5, 5.41) is 9.15. The number of carbonyl (C=O) groups excluding carboxylic acids is 1. The van der Waals surface area contributed by atoms with Crippen LogP contribution in [-0.2, 0) is 16.7 Å². The molecule has 0 fully saturated rings. The van der Waals surface area contributed by atoms with Gasteiger partial charge in [0.05, 0.1) is 6.26 Å². The number of hydrogen-bond acceptors (Lipinski definition) is 7. The normalized spacial score (nSPS) is 11.2. The van der Waals surface area contributed by atoms with E-state index in [1.165, 1.54) is 42.7 Å². The summed E-state index contributed by atoms with van der Waals surface area (Å²) in [5.74, 6) is -0.898. The van der Waals surface area contributed by atoms with Crippen molar-refractivity contribution in [3.05, 3.63) is 77.7 Å². The van der Waals surface area contributed by atoms with Crippen molar-refractivity contribution >= 4 is 16.1 Å². The first-order chi connectivity index (χ1) is 12.9. The Morgan fingerprint density at radius 2 is 1.74 bits per heavy atom. The number of furan rings is 1. The highest BCUT2D eigenvalue weighted by atomic mass is 32.2. The lowest BCUT2D eigenvalue weighted by Gasteiger charge is -2.11. The molecular formula is C19H16O7S. The van der Waals surface area contributed by atoms with Crippen LogP contribution in [0.15, 0.2) is 70.2 Å². The van der Waals surface area contributed by atoms with Gasteiger partial charge in [-0.05, 0) is 31.2 Å². The number of esters is 1. The Kier molecular flexibility index (Phi) is 5.29. The van der Waals surface area contributed by atoms with Gasteiger partial charge in [-0.1, -0.05) is 29.8 Å². The minimum Gasteiger partial charge on any atom is -0.463 e. The fourth-order valence-electron chi connectivity index (χ4n) is 2.27. The molecule has 7 nitrogen and oxygen atoms in total. The van der Waals surface area contributed by atoms with Gasteiger partial charge < -0.3 is 18.4 Å². The Morgan fingerprint density at radius 3 is 2.44 bits per heavy atom. The van der Waals surface area contributed by atoms with Gasteiger partial charge in [0.1, 0.15) is 17.1 Å². The molecule has 2 aromatic carbocycles. The van der Waals surface area contributed by atoms with E-state index in [0.29, 0.717) is 0 Å². The molecule has 0 amide bonds. The van der Waals surface area contributed by atoms with Gasteiger partial charge in [0.2, 0.25) is 0 Å². The van der Waals surface area contributed by atoms with Crippen LogP contribution in [0.4, 0.5) is 0 Å². The minimum absolute atomic E-state index is 0.0336. The Bertz CT molecular complexity index is 1050. The molecule has 0 atom stereocenters. The van der Waals surface area contributed by atoms with E-state index in [1.54, 1.807) is 18.2 Å². The third kappa shape index (κ3) is 4.18. The van der Waals surface area contributed by atoms with Crippen LogP contribution in [0.25, 0.3) is 0 Å². The predicted molar refractivity (Wildman–Crippen MR) is 95.0 cm³/mol.